The lowest BCUT2D eigenvalue weighted by Crippen LogP contribution is -2.14. The Morgan fingerprint density at radius 3 is 2.45 bits per heavy atom. The molecule has 20 heavy (non-hydrogen) atoms. The summed E-state index contributed by atoms with van der Waals surface area (Å²) >= 11 is 0. The molecule has 0 aliphatic heterocycles. The largest absolute Gasteiger partial charge is 0.461 e. The third-order valence-electron chi connectivity index (χ3n) is 4.74. The Morgan fingerprint density at radius 2 is 1.90 bits per heavy atom. The van der Waals surface area contributed by atoms with E-state index < -0.39 is 0 Å². The van der Waals surface area contributed by atoms with Gasteiger partial charge < -0.3 is 4.74 Å². The zero-order valence-electron chi connectivity index (χ0n) is 12.2. The molecule has 3 atom stereocenters. The van der Waals surface area contributed by atoms with Crippen LogP contribution in [0.2, 0.25) is 0 Å². The van der Waals surface area contributed by atoms with Crippen LogP contribution in [0.15, 0.2) is 12.1 Å². The summed E-state index contributed by atoms with van der Waals surface area (Å²) < 4.78 is 5.45. The standard InChI is InChI=1S/C17H20O3/c1-9-6-10(2)13(11(3)7-9)8-20-17(19)16-12-4-5-14(18)15(12)16/h6-7,12,15-16H,4-5,8H2,1-3H3. The van der Waals surface area contributed by atoms with Gasteiger partial charge in [-0.3, -0.25) is 9.59 Å². The molecule has 3 unspecified atom stereocenters. The van der Waals surface area contributed by atoms with Crippen LogP contribution in [0.25, 0.3) is 0 Å². The third kappa shape index (κ3) is 2.15. The number of carbonyl (C=O) groups excluding carboxylic acids is 2. The minimum absolute atomic E-state index is 0.0253. The second kappa shape index (κ2) is 4.72. The molecule has 2 saturated carbocycles. The summed E-state index contributed by atoms with van der Waals surface area (Å²) in [5.41, 5.74) is 4.61. The molecule has 106 valence electrons. The van der Waals surface area contributed by atoms with Crippen molar-refractivity contribution in [3.8, 4) is 0 Å². The zero-order valence-corrected chi connectivity index (χ0v) is 12.2. The molecule has 2 aliphatic carbocycles. The molecule has 0 amide bonds. The highest BCUT2D eigenvalue weighted by Crippen LogP contribution is 2.55. The van der Waals surface area contributed by atoms with Gasteiger partial charge in [0, 0.05) is 12.3 Å². The maximum Gasteiger partial charge on any atom is 0.310 e. The Hall–Kier alpha value is -1.64. The van der Waals surface area contributed by atoms with Crippen LogP contribution < -0.4 is 0 Å². The fourth-order valence-corrected chi connectivity index (χ4v) is 3.65. The van der Waals surface area contributed by atoms with E-state index in [1.165, 1.54) is 5.56 Å². The van der Waals surface area contributed by atoms with E-state index in [1.54, 1.807) is 0 Å². The quantitative estimate of drug-likeness (QED) is 0.795. The Morgan fingerprint density at radius 1 is 1.25 bits per heavy atom. The Bertz CT molecular complexity index is 565. The molecule has 0 radical (unpaired) electrons. The van der Waals surface area contributed by atoms with Crippen molar-refractivity contribution in [3.63, 3.8) is 0 Å². The van der Waals surface area contributed by atoms with Crippen LogP contribution >= 0.6 is 0 Å². The number of aryl methyl sites for hydroxylation is 3. The lowest BCUT2D eigenvalue weighted by atomic mass is 10.0. The minimum Gasteiger partial charge on any atom is -0.461 e. The maximum atomic E-state index is 12.1. The lowest BCUT2D eigenvalue weighted by molar-refractivity contribution is -0.148. The van der Waals surface area contributed by atoms with Crippen LogP contribution in [0.3, 0.4) is 0 Å². The van der Waals surface area contributed by atoms with Crippen molar-refractivity contribution in [2.75, 3.05) is 0 Å². The van der Waals surface area contributed by atoms with Gasteiger partial charge in [0.1, 0.15) is 12.4 Å². The molecule has 3 rings (SSSR count). The average Bonchev–Trinajstić information content (AvgIpc) is 2.98. The van der Waals surface area contributed by atoms with Crippen LogP contribution in [0, 0.1) is 38.5 Å². The number of fused-ring (bicyclic) bond motifs is 1. The predicted molar refractivity (Wildman–Crippen MR) is 75.2 cm³/mol. The van der Waals surface area contributed by atoms with Crippen molar-refractivity contribution in [2.45, 2.75) is 40.2 Å². The number of esters is 1. The highest BCUT2D eigenvalue weighted by atomic mass is 16.5. The van der Waals surface area contributed by atoms with E-state index in [0.717, 1.165) is 23.1 Å². The molecule has 2 fully saturated rings. The van der Waals surface area contributed by atoms with Gasteiger partial charge in [-0.05, 0) is 49.8 Å². The first-order valence-corrected chi connectivity index (χ1v) is 7.25. The van der Waals surface area contributed by atoms with E-state index in [4.69, 9.17) is 4.74 Å². The summed E-state index contributed by atoms with van der Waals surface area (Å²) in [6, 6.07) is 4.21. The number of Topliss-reactive ketones (excluding diaryl/α,β-unsaturated/α-hetero) is 1. The summed E-state index contributed by atoms with van der Waals surface area (Å²) in [4.78, 5) is 23.6. The SMILES string of the molecule is Cc1cc(C)c(COC(=O)C2C3CCC(=O)C32)c(C)c1. The molecule has 0 N–H and O–H groups in total. The number of ether oxygens (including phenoxy) is 1. The van der Waals surface area contributed by atoms with Gasteiger partial charge in [0.15, 0.2) is 0 Å². The van der Waals surface area contributed by atoms with Crippen LogP contribution in [0.4, 0.5) is 0 Å². The van der Waals surface area contributed by atoms with Crippen LogP contribution in [-0.4, -0.2) is 11.8 Å². The second-order valence-corrected chi connectivity index (χ2v) is 6.21. The van der Waals surface area contributed by atoms with Gasteiger partial charge in [-0.15, -0.1) is 0 Å². The van der Waals surface area contributed by atoms with Crippen LogP contribution in [0.1, 0.15) is 35.1 Å². The van der Waals surface area contributed by atoms with Crippen molar-refractivity contribution in [1.82, 2.24) is 0 Å². The Labute approximate surface area is 119 Å². The van der Waals surface area contributed by atoms with Crippen molar-refractivity contribution >= 4 is 11.8 Å². The van der Waals surface area contributed by atoms with E-state index in [9.17, 15) is 9.59 Å². The molecule has 0 heterocycles. The van der Waals surface area contributed by atoms with Gasteiger partial charge in [-0.25, -0.2) is 0 Å². The number of carbonyl (C=O) groups is 2. The molecule has 1 aromatic rings. The van der Waals surface area contributed by atoms with Crippen molar-refractivity contribution < 1.29 is 14.3 Å². The van der Waals surface area contributed by atoms with E-state index in [0.29, 0.717) is 13.0 Å². The number of hydrogen-bond acceptors (Lipinski definition) is 3. The van der Waals surface area contributed by atoms with E-state index in [-0.39, 0.29) is 29.5 Å². The van der Waals surface area contributed by atoms with E-state index in [2.05, 4.69) is 19.1 Å². The van der Waals surface area contributed by atoms with E-state index >= 15 is 0 Å². The van der Waals surface area contributed by atoms with Gasteiger partial charge in [-0.1, -0.05) is 17.7 Å². The first kappa shape index (κ1) is 13.3. The highest BCUT2D eigenvalue weighted by Gasteiger charge is 2.62. The molecule has 3 heteroatoms. The second-order valence-electron chi connectivity index (χ2n) is 6.21. The number of rotatable bonds is 3. The molecule has 3 nitrogen and oxygen atoms in total. The van der Waals surface area contributed by atoms with Crippen molar-refractivity contribution in [3.05, 3.63) is 34.4 Å². The number of benzene rings is 1. The lowest BCUT2D eigenvalue weighted by Gasteiger charge is -2.12. The smallest absolute Gasteiger partial charge is 0.310 e. The summed E-state index contributed by atoms with van der Waals surface area (Å²) in [6.45, 7) is 6.46. The van der Waals surface area contributed by atoms with Gasteiger partial charge in [0.25, 0.3) is 0 Å². The fraction of sp³-hybridized carbons (Fsp3) is 0.529. The molecule has 0 bridgehead atoms. The summed E-state index contributed by atoms with van der Waals surface area (Å²) in [6.07, 6.45) is 1.52. The first-order valence-electron chi connectivity index (χ1n) is 7.25. The normalized spacial score (nSPS) is 27.4. The van der Waals surface area contributed by atoms with Gasteiger partial charge in [0.05, 0.1) is 5.92 Å². The molecular formula is C17H20O3. The van der Waals surface area contributed by atoms with E-state index in [1.807, 2.05) is 13.8 Å². The predicted octanol–water partition coefficient (Wildman–Crippen LogP) is 2.88. The molecular weight excluding hydrogens is 252 g/mol. The third-order valence-corrected chi connectivity index (χ3v) is 4.74. The van der Waals surface area contributed by atoms with Gasteiger partial charge in [-0.2, -0.15) is 0 Å². The fourth-order valence-electron chi connectivity index (χ4n) is 3.65. The van der Waals surface area contributed by atoms with Gasteiger partial charge >= 0.3 is 5.97 Å². The van der Waals surface area contributed by atoms with Gasteiger partial charge in [0.2, 0.25) is 0 Å². The molecule has 0 spiro atoms. The zero-order chi connectivity index (χ0) is 14.4. The maximum absolute atomic E-state index is 12.1. The van der Waals surface area contributed by atoms with Crippen LogP contribution in [0.5, 0.6) is 0 Å². The molecule has 1 aromatic carbocycles. The Kier molecular flexibility index (Phi) is 3.15. The van der Waals surface area contributed by atoms with Crippen molar-refractivity contribution in [2.24, 2.45) is 17.8 Å². The monoisotopic (exact) mass is 272 g/mol. The highest BCUT2D eigenvalue weighted by molar-refractivity contribution is 5.94. The molecule has 0 aromatic heterocycles. The Balaban J connectivity index is 1.63. The first-order chi connectivity index (χ1) is 9.49. The van der Waals surface area contributed by atoms with Crippen molar-refractivity contribution in [1.29, 1.82) is 0 Å². The van der Waals surface area contributed by atoms with Crippen LogP contribution in [-0.2, 0) is 20.9 Å². The minimum atomic E-state index is -0.188. The molecule has 0 saturated heterocycles. The number of hydrogen-bond donors (Lipinski definition) is 0. The summed E-state index contributed by atoms with van der Waals surface area (Å²) in [5, 5.41) is 0. The summed E-state index contributed by atoms with van der Waals surface area (Å²) in [5.74, 6) is 0.160. The number of ketones is 1. The summed E-state index contributed by atoms with van der Waals surface area (Å²) in [7, 11) is 0. The average molecular weight is 272 g/mol. The topological polar surface area (TPSA) is 43.4 Å². The molecule has 2 aliphatic rings.